The van der Waals surface area contributed by atoms with Gasteiger partial charge in [-0.25, -0.2) is 13.1 Å². The molecule has 1 fully saturated rings. The number of benzene rings is 1. The molecule has 2 rings (SSSR count). The third-order valence-corrected chi connectivity index (χ3v) is 6.09. The van der Waals surface area contributed by atoms with Gasteiger partial charge < -0.3 is 5.32 Å². The van der Waals surface area contributed by atoms with Crippen molar-refractivity contribution in [3.63, 3.8) is 0 Å². The molecular formula is C14H22N2O2S2. The number of para-hydroxylation sites is 1. The largest absolute Gasteiger partial charge is 0.384 e. The van der Waals surface area contributed by atoms with E-state index >= 15 is 0 Å². The number of anilines is 1. The van der Waals surface area contributed by atoms with E-state index in [0.717, 1.165) is 6.54 Å². The van der Waals surface area contributed by atoms with Gasteiger partial charge in [0.25, 0.3) is 0 Å². The quantitative estimate of drug-likeness (QED) is 0.847. The molecule has 0 bridgehead atoms. The van der Waals surface area contributed by atoms with E-state index in [2.05, 4.69) is 10.0 Å². The predicted molar refractivity (Wildman–Crippen MR) is 85.8 cm³/mol. The molecule has 1 saturated heterocycles. The van der Waals surface area contributed by atoms with Crippen molar-refractivity contribution < 1.29 is 8.42 Å². The summed E-state index contributed by atoms with van der Waals surface area (Å²) in [5.41, 5.74) is 0.701. The Kier molecular flexibility index (Phi) is 5.74. The van der Waals surface area contributed by atoms with Gasteiger partial charge in [0.2, 0.25) is 10.0 Å². The van der Waals surface area contributed by atoms with Gasteiger partial charge in [0.15, 0.2) is 0 Å². The molecular weight excluding hydrogens is 292 g/mol. The van der Waals surface area contributed by atoms with Crippen LogP contribution in [0.4, 0.5) is 5.69 Å². The molecule has 0 atom stereocenters. The van der Waals surface area contributed by atoms with Gasteiger partial charge in [-0.2, -0.15) is 11.8 Å². The van der Waals surface area contributed by atoms with Gasteiger partial charge in [0.1, 0.15) is 4.90 Å². The molecule has 0 radical (unpaired) electrons. The third-order valence-electron chi connectivity index (χ3n) is 3.43. The van der Waals surface area contributed by atoms with Gasteiger partial charge in [-0.15, -0.1) is 0 Å². The molecule has 1 aliphatic rings. The van der Waals surface area contributed by atoms with Crippen molar-refractivity contribution in [1.82, 2.24) is 4.72 Å². The zero-order valence-corrected chi connectivity index (χ0v) is 13.4. The molecule has 112 valence electrons. The van der Waals surface area contributed by atoms with Crippen molar-refractivity contribution in [3.05, 3.63) is 24.3 Å². The van der Waals surface area contributed by atoms with E-state index in [-0.39, 0.29) is 0 Å². The smallest absolute Gasteiger partial charge is 0.242 e. The van der Waals surface area contributed by atoms with Gasteiger partial charge in [-0.05, 0) is 42.4 Å². The molecule has 0 unspecified atom stereocenters. The van der Waals surface area contributed by atoms with Crippen molar-refractivity contribution in [1.29, 1.82) is 0 Å². The minimum atomic E-state index is -3.41. The summed E-state index contributed by atoms with van der Waals surface area (Å²) in [5.74, 6) is 3.07. The Balaban J connectivity index is 2.07. The first kappa shape index (κ1) is 15.7. The Bertz CT molecular complexity index is 526. The minimum absolute atomic E-state index is 0.340. The second-order valence-electron chi connectivity index (χ2n) is 4.93. The van der Waals surface area contributed by atoms with Crippen LogP contribution in [0.1, 0.15) is 19.8 Å². The summed E-state index contributed by atoms with van der Waals surface area (Å²) in [6.45, 7) is 3.03. The Hall–Kier alpha value is -0.720. The highest BCUT2D eigenvalue weighted by atomic mass is 32.2. The first-order chi connectivity index (χ1) is 9.63. The van der Waals surface area contributed by atoms with Crippen molar-refractivity contribution in [2.24, 2.45) is 5.92 Å². The SMILES string of the molecule is CCNS(=O)(=O)c1ccccc1NCC1CCSCC1. The molecule has 6 heteroatoms. The summed E-state index contributed by atoms with van der Waals surface area (Å²) in [6, 6.07) is 7.11. The molecule has 0 saturated carbocycles. The first-order valence-electron chi connectivity index (χ1n) is 7.04. The fraction of sp³-hybridized carbons (Fsp3) is 0.571. The van der Waals surface area contributed by atoms with Gasteiger partial charge in [-0.1, -0.05) is 19.1 Å². The van der Waals surface area contributed by atoms with Crippen LogP contribution in [0.5, 0.6) is 0 Å². The zero-order valence-electron chi connectivity index (χ0n) is 11.8. The normalized spacial score (nSPS) is 17.1. The molecule has 1 aromatic carbocycles. The monoisotopic (exact) mass is 314 g/mol. The maximum atomic E-state index is 12.1. The Morgan fingerprint density at radius 1 is 1.25 bits per heavy atom. The topological polar surface area (TPSA) is 58.2 Å². The fourth-order valence-electron chi connectivity index (χ4n) is 2.32. The molecule has 0 aromatic heterocycles. The Labute approximate surface area is 125 Å². The second kappa shape index (κ2) is 7.33. The van der Waals surface area contributed by atoms with Crippen molar-refractivity contribution >= 4 is 27.5 Å². The van der Waals surface area contributed by atoms with Crippen molar-refractivity contribution in [2.45, 2.75) is 24.7 Å². The second-order valence-corrected chi connectivity index (χ2v) is 7.89. The molecule has 4 nitrogen and oxygen atoms in total. The lowest BCUT2D eigenvalue weighted by atomic mass is 10.0. The number of hydrogen-bond acceptors (Lipinski definition) is 4. The summed E-state index contributed by atoms with van der Waals surface area (Å²) >= 11 is 2.00. The number of thioether (sulfide) groups is 1. The van der Waals surface area contributed by atoms with Crippen molar-refractivity contribution in [2.75, 3.05) is 29.9 Å². The van der Waals surface area contributed by atoms with Gasteiger partial charge >= 0.3 is 0 Å². The highest BCUT2D eigenvalue weighted by molar-refractivity contribution is 7.99. The van der Waals surface area contributed by atoms with E-state index in [1.54, 1.807) is 19.1 Å². The zero-order chi connectivity index (χ0) is 14.4. The fourth-order valence-corrected chi connectivity index (χ4v) is 4.75. The van der Waals surface area contributed by atoms with Gasteiger partial charge in [0, 0.05) is 13.1 Å². The van der Waals surface area contributed by atoms with Gasteiger partial charge in [-0.3, -0.25) is 0 Å². The average Bonchev–Trinajstić information content (AvgIpc) is 2.46. The van der Waals surface area contributed by atoms with E-state index < -0.39 is 10.0 Å². The summed E-state index contributed by atoms with van der Waals surface area (Å²) in [4.78, 5) is 0.340. The van der Waals surface area contributed by atoms with Crippen LogP contribution in [0.3, 0.4) is 0 Å². The summed E-state index contributed by atoms with van der Waals surface area (Å²) < 4.78 is 26.8. The molecule has 20 heavy (non-hydrogen) atoms. The van der Waals surface area contributed by atoms with E-state index in [0.29, 0.717) is 23.0 Å². The molecule has 1 aromatic rings. The molecule has 0 aliphatic carbocycles. The van der Waals surface area contributed by atoms with Crippen LogP contribution in [0, 0.1) is 5.92 Å². The Morgan fingerprint density at radius 2 is 1.95 bits per heavy atom. The average molecular weight is 314 g/mol. The van der Waals surface area contributed by atoms with Crippen LogP contribution in [0.25, 0.3) is 0 Å². The summed E-state index contributed by atoms with van der Waals surface area (Å²) in [6.07, 6.45) is 2.42. The lowest BCUT2D eigenvalue weighted by molar-refractivity contribution is 0.515. The Morgan fingerprint density at radius 3 is 2.65 bits per heavy atom. The number of sulfonamides is 1. The minimum Gasteiger partial charge on any atom is -0.384 e. The number of rotatable bonds is 6. The lowest BCUT2D eigenvalue weighted by Gasteiger charge is -2.22. The van der Waals surface area contributed by atoms with Crippen molar-refractivity contribution in [3.8, 4) is 0 Å². The van der Waals surface area contributed by atoms with Crippen LogP contribution in [-0.2, 0) is 10.0 Å². The standard InChI is InChI=1S/C14H22N2O2S2/c1-2-16-20(17,18)14-6-4-3-5-13(14)15-11-12-7-9-19-10-8-12/h3-6,12,15-16H,2,7-11H2,1H3. The molecule has 1 heterocycles. The number of nitrogens with one attached hydrogen (secondary N) is 2. The van der Waals surface area contributed by atoms with Crippen LogP contribution in [0.2, 0.25) is 0 Å². The molecule has 0 spiro atoms. The van der Waals surface area contributed by atoms with E-state index in [9.17, 15) is 8.42 Å². The molecule has 2 N–H and O–H groups in total. The summed E-state index contributed by atoms with van der Waals surface area (Å²) in [7, 11) is -3.41. The highest BCUT2D eigenvalue weighted by Gasteiger charge is 2.18. The van der Waals surface area contributed by atoms with Crippen LogP contribution >= 0.6 is 11.8 Å². The summed E-state index contributed by atoms with van der Waals surface area (Å²) in [5, 5.41) is 3.32. The molecule has 0 amide bonds. The lowest BCUT2D eigenvalue weighted by Crippen LogP contribution is -2.25. The van der Waals surface area contributed by atoms with E-state index in [1.807, 2.05) is 23.9 Å². The van der Waals surface area contributed by atoms with Crippen LogP contribution in [-0.4, -0.2) is 33.0 Å². The van der Waals surface area contributed by atoms with E-state index in [1.165, 1.54) is 24.3 Å². The van der Waals surface area contributed by atoms with Crippen LogP contribution < -0.4 is 10.0 Å². The predicted octanol–water partition coefficient (Wildman–Crippen LogP) is 2.54. The van der Waals surface area contributed by atoms with E-state index in [4.69, 9.17) is 0 Å². The molecule has 1 aliphatic heterocycles. The number of hydrogen-bond donors (Lipinski definition) is 2. The van der Waals surface area contributed by atoms with Crippen LogP contribution in [0.15, 0.2) is 29.2 Å². The maximum absolute atomic E-state index is 12.1. The first-order valence-corrected chi connectivity index (χ1v) is 9.67. The highest BCUT2D eigenvalue weighted by Crippen LogP contribution is 2.25. The third kappa shape index (κ3) is 4.14. The maximum Gasteiger partial charge on any atom is 0.242 e. The van der Waals surface area contributed by atoms with Gasteiger partial charge in [0.05, 0.1) is 5.69 Å².